The van der Waals surface area contributed by atoms with E-state index in [0.717, 1.165) is 36.8 Å². The Hall–Kier alpha value is -1.81. The Bertz CT molecular complexity index is 720. The number of halogens is 1. The average Bonchev–Trinajstić information content (AvgIpc) is 2.80. The van der Waals surface area contributed by atoms with Crippen LogP contribution in [-0.4, -0.2) is 29.8 Å². The quantitative estimate of drug-likeness (QED) is 0.779. The van der Waals surface area contributed by atoms with Gasteiger partial charge in [0.15, 0.2) is 0 Å². The Morgan fingerprint density at radius 3 is 2.42 bits per heavy atom. The first-order valence-electron chi connectivity index (χ1n) is 8.51. The van der Waals surface area contributed by atoms with Gasteiger partial charge in [-0.1, -0.05) is 43.0 Å². The molecule has 3 rings (SSSR count). The molecule has 0 bridgehead atoms. The monoisotopic (exact) mass is 346 g/mol. The first-order valence-corrected chi connectivity index (χ1v) is 8.89. The van der Waals surface area contributed by atoms with Crippen molar-refractivity contribution >= 4 is 29.1 Å². The maximum Gasteiger partial charge on any atom is 0.283 e. The number of imide groups is 1. The van der Waals surface area contributed by atoms with Gasteiger partial charge in [-0.3, -0.25) is 9.59 Å². The minimum Gasteiger partial charge on any atom is -0.366 e. The zero-order valence-electron chi connectivity index (χ0n) is 14.4. The van der Waals surface area contributed by atoms with Crippen molar-refractivity contribution in [1.29, 1.82) is 0 Å². The van der Waals surface area contributed by atoms with E-state index in [-0.39, 0.29) is 17.0 Å². The first kappa shape index (κ1) is 17.0. The molecule has 1 fully saturated rings. The lowest BCUT2D eigenvalue weighted by Crippen LogP contribution is -2.39. The van der Waals surface area contributed by atoms with Crippen molar-refractivity contribution < 1.29 is 9.59 Å². The topological polar surface area (TPSA) is 40.6 Å². The summed E-state index contributed by atoms with van der Waals surface area (Å²) in [7, 11) is 1.88. The number of rotatable bonds is 3. The van der Waals surface area contributed by atoms with Crippen molar-refractivity contribution in [1.82, 2.24) is 4.90 Å². The number of anilines is 1. The molecule has 0 radical (unpaired) electrons. The van der Waals surface area contributed by atoms with Crippen LogP contribution in [0.5, 0.6) is 0 Å². The number of benzene rings is 1. The van der Waals surface area contributed by atoms with Gasteiger partial charge in [-0.15, -0.1) is 0 Å². The molecular weight excluding hydrogens is 324 g/mol. The van der Waals surface area contributed by atoms with Crippen LogP contribution in [0.3, 0.4) is 0 Å². The van der Waals surface area contributed by atoms with E-state index in [0.29, 0.717) is 11.4 Å². The number of carbonyl (C=O) groups excluding carboxylic acids is 2. The molecule has 24 heavy (non-hydrogen) atoms. The Morgan fingerprint density at radius 2 is 1.75 bits per heavy atom. The fraction of sp³-hybridized carbons (Fsp3) is 0.474. The smallest absolute Gasteiger partial charge is 0.283 e. The summed E-state index contributed by atoms with van der Waals surface area (Å²) in [6.45, 7) is 3.88. The van der Waals surface area contributed by atoms with Crippen LogP contribution in [0.4, 0.5) is 5.69 Å². The van der Waals surface area contributed by atoms with E-state index in [2.05, 4.69) is 0 Å². The molecule has 128 valence electrons. The summed E-state index contributed by atoms with van der Waals surface area (Å²) in [6.07, 6.45) is 5.62. The Morgan fingerprint density at radius 1 is 1.08 bits per heavy atom. The predicted octanol–water partition coefficient (Wildman–Crippen LogP) is 3.89. The zero-order chi connectivity index (χ0) is 17.4. The number of carbonyl (C=O) groups is 2. The summed E-state index contributed by atoms with van der Waals surface area (Å²) in [5.74, 6) is -0.736. The fourth-order valence-corrected chi connectivity index (χ4v) is 3.94. The molecule has 0 unspecified atom stereocenters. The molecule has 2 amide bonds. The van der Waals surface area contributed by atoms with Crippen LogP contribution in [0.2, 0.25) is 0 Å². The van der Waals surface area contributed by atoms with E-state index in [1.807, 2.05) is 37.9 Å². The van der Waals surface area contributed by atoms with E-state index >= 15 is 0 Å². The molecule has 1 saturated carbocycles. The highest BCUT2D eigenvalue weighted by molar-refractivity contribution is 6.52. The number of likely N-dealkylation sites (N-methyl/N-ethyl adjacent to an activating group) is 1. The first-order chi connectivity index (χ1) is 11.4. The Kier molecular flexibility index (Phi) is 4.68. The summed E-state index contributed by atoms with van der Waals surface area (Å²) in [4.78, 5) is 28.8. The largest absolute Gasteiger partial charge is 0.366 e. The van der Waals surface area contributed by atoms with Crippen LogP contribution in [0.1, 0.15) is 43.2 Å². The van der Waals surface area contributed by atoms with Crippen molar-refractivity contribution in [3.63, 3.8) is 0 Å². The van der Waals surface area contributed by atoms with Crippen LogP contribution >= 0.6 is 11.6 Å². The van der Waals surface area contributed by atoms with Crippen molar-refractivity contribution in [3.05, 3.63) is 40.1 Å². The maximum absolute atomic E-state index is 13.0. The zero-order valence-corrected chi connectivity index (χ0v) is 15.2. The SMILES string of the molecule is Cc1cccc(N2C(=O)C(Cl)=C(N(C)C3CCCCC3)C2=O)c1C. The summed E-state index contributed by atoms with van der Waals surface area (Å²) in [6, 6.07) is 5.90. The van der Waals surface area contributed by atoms with Crippen molar-refractivity contribution in [3.8, 4) is 0 Å². The lowest BCUT2D eigenvalue weighted by atomic mass is 9.94. The van der Waals surface area contributed by atoms with E-state index in [9.17, 15) is 9.59 Å². The van der Waals surface area contributed by atoms with Crippen molar-refractivity contribution in [2.45, 2.75) is 52.0 Å². The van der Waals surface area contributed by atoms with Crippen LogP contribution in [0.25, 0.3) is 0 Å². The van der Waals surface area contributed by atoms with Gasteiger partial charge >= 0.3 is 0 Å². The van der Waals surface area contributed by atoms with Gasteiger partial charge in [0.25, 0.3) is 11.8 Å². The van der Waals surface area contributed by atoms with Gasteiger partial charge in [0.1, 0.15) is 10.7 Å². The van der Waals surface area contributed by atoms with Gasteiger partial charge in [-0.05, 0) is 43.9 Å². The molecular formula is C19H23ClN2O2. The van der Waals surface area contributed by atoms with Gasteiger partial charge in [0.05, 0.1) is 5.69 Å². The van der Waals surface area contributed by atoms with Crippen LogP contribution in [0.15, 0.2) is 28.9 Å². The molecule has 1 aliphatic heterocycles. The molecule has 0 saturated heterocycles. The number of nitrogens with zero attached hydrogens (tertiary/aromatic N) is 2. The summed E-state index contributed by atoms with van der Waals surface area (Å²) >= 11 is 6.30. The molecule has 0 atom stereocenters. The van der Waals surface area contributed by atoms with Crippen molar-refractivity contribution in [2.75, 3.05) is 11.9 Å². The van der Waals surface area contributed by atoms with Gasteiger partial charge in [-0.25, -0.2) is 4.90 Å². The second kappa shape index (κ2) is 6.60. The lowest BCUT2D eigenvalue weighted by Gasteiger charge is -2.33. The molecule has 0 N–H and O–H groups in total. The van der Waals surface area contributed by atoms with Crippen molar-refractivity contribution in [2.24, 2.45) is 0 Å². The maximum atomic E-state index is 13.0. The van der Waals surface area contributed by atoms with Crippen LogP contribution in [-0.2, 0) is 9.59 Å². The lowest BCUT2D eigenvalue weighted by molar-refractivity contribution is -0.121. The molecule has 4 nitrogen and oxygen atoms in total. The second-order valence-corrected chi connectivity index (χ2v) is 7.11. The number of aryl methyl sites for hydroxylation is 1. The normalized spacial score (nSPS) is 19.4. The molecule has 1 aromatic carbocycles. The predicted molar refractivity (Wildman–Crippen MR) is 95.9 cm³/mol. The minimum atomic E-state index is -0.423. The minimum absolute atomic E-state index is 0.0361. The Labute approximate surface area is 148 Å². The standard InChI is InChI=1S/C19H23ClN2O2/c1-12-8-7-11-15(13(12)2)22-18(23)16(20)17(19(22)24)21(3)14-9-5-4-6-10-14/h7-8,11,14H,4-6,9-10H2,1-3H3. The summed E-state index contributed by atoms with van der Waals surface area (Å²) < 4.78 is 0. The molecule has 1 heterocycles. The highest BCUT2D eigenvalue weighted by atomic mass is 35.5. The molecule has 2 aliphatic rings. The van der Waals surface area contributed by atoms with Gasteiger partial charge < -0.3 is 4.90 Å². The molecule has 5 heteroatoms. The molecule has 0 spiro atoms. The van der Waals surface area contributed by atoms with Crippen LogP contribution < -0.4 is 4.90 Å². The van der Waals surface area contributed by atoms with E-state index in [4.69, 9.17) is 11.6 Å². The highest BCUT2D eigenvalue weighted by Gasteiger charge is 2.42. The number of amides is 2. The molecule has 0 aromatic heterocycles. The molecule has 1 aromatic rings. The number of hydrogen-bond acceptors (Lipinski definition) is 3. The third-order valence-electron chi connectivity index (χ3n) is 5.30. The fourth-order valence-electron chi connectivity index (χ4n) is 3.64. The van der Waals surface area contributed by atoms with E-state index in [1.54, 1.807) is 6.07 Å². The van der Waals surface area contributed by atoms with E-state index in [1.165, 1.54) is 11.3 Å². The third-order valence-corrected chi connectivity index (χ3v) is 5.64. The van der Waals surface area contributed by atoms with Gasteiger partial charge in [0.2, 0.25) is 0 Å². The summed E-state index contributed by atoms with van der Waals surface area (Å²) in [5, 5.41) is 0.0361. The summed E-state index contributed by atoms with van der Waals surface area (Å²) in [5.41, 5.74) is 2.92. The third kappa shape index (κ3) is 2.73. The Balaban J connectivity index is 1.94. The van der Waals surface area contributed by atoms with Gasteiger partial charge in [-0.2, -0.15) is 0 Å². The highest BCUT2D eigenvalue weighted by Crippen LogP contribution is 2.35. The van der Waals surface area contributed by atoms with Crippen LogP contribution in [0, 0.1) is 13.8 Å². The van der Waals surface area contributed by atoms with E-state index < -0.39 is 5.91 Å². The average molecular weight is 347 g/mol. The second-order valence-electron chi connectivity index (χ2n) is 6.73. The number of hydrogen-bond donors (Lipinski definition) is 0. The van der Waals surface area contributed by atoms with Gasteiger partial charge in [0, 0.05) is 13.1 Å². The molecule has 1 aliphatic carbocycles.